The van der Waals surface area contributed by atoms with Crippen LogP contribution in [0, 0.1) is 0 Å². The third-order valence-electron chi connectivity index (χ3n) is 3.97. The van der Waals surface area contributed by atoms with Gasteiger partial charge in [0.05, 0.1) is 0 Å². The van der Waals surface area contributed by atoms with E-state index in [1.54, 1.807) is 0 Å². The first-order valence-corrected chi connectivity index (χ1v) is 7.66. The summed E-state index contributed by atoms with van der Waals surface area (Å²) in [7, 11) is 0. The molecule has 1 saturated heterocycles. The van der Waals surface area contributed by atoms with Crippen molar-refractivity contribution in [3.8, 4) is 0 Å². The minimum absolute atomic E-state index is 0.0489. The minimum Gasteiger partial charge on any atom is -0.440 e. The number of carbonyl (C=O) groups excluding carboxylic acids is 1. The van der Waals surface area contributed by atoms with E-state index in [0.717, 1.165) is 55.9 Å². The number of para-hydroxylation sites is 2. The first-order chi connectivity index (χ1) is 10.3. The first-order valence-electron chi connectivity index (χ1n) is 7.66. The Bertz CT molecular complexity index is 582. The van der Waals surface area contributed by atoms with E-state index in [4.69, 9.17) is 4.42 Å². The quantitative estimate of drug-likeness (QED) is 0.943. The number of aromatic nitrogens is 1. The van der Waals surface area contributed by atoms with Crippen LogP contribution in [0.3, 0.4) is 0 Å². The molecule has 112 valence electrons. The number of likely N-dealkylation sites (tertiary alicyclic amines) is 1. The molecule has 1 fully saturated rings. The van der Waals surface area contributed by atoms with Crippen LogP contribution in [-0.2, 0) is 0 Å². The van der Waals surface area contributed by atoms with Crippen LogP contribution in [0.25, 0.3) is 11.1 Å². The van der Waals surface area contributed by atoms with E-state index in [9.17, 15) is 4.79 Å². The number of hydrogen-bond acceptors (Lipinski definition) is 3. The second kappa shape index (κ2) is 6.16. The number of oxazole rings is 1. The highest BCUT2D eigenvalue weighted by molar-refractivity contribution is 5.74. The number of carbonyl (C=O) groups is 1. The smallest absolute Gasteiger partial charge is 0.317 e. The Balaban J connectivity index is 1.61. The average Bonchev–Trinajstić information content (AvgIpc) is 2.96. The molecule has 2 heterocycles. The van der Waals surface area contributed by atoms with Gasteiger partial charge in [0.1, 0.15) is 5.52 Å². The zero-order valence-electron chi connectivity index (χ0n) is 12.3. The van der Waals surface area contributed by atoms with Crippen molar-refractivity contribution in [2.24, 2.45) is 0 Å². The number of fused-ring (bicyclic) bond motifs is 1. The molecule has 1 aromatic heterocycles. The molecule has 2 aromatic rings. The van der Waals surface area contributed by atoms with E-state index in [1.807, 2.05) is 29.2 Å². The summed E-state index contributed by atoms with van der Waals surface area (Å²) >= 11 is 0. The number of amides is 2. The molecular formula is C16H21N3O2. The molecular weight excluding hydrogens is 266 g/mol. The van der Waals surface area contributed by atoms with Gasteiger partial charge in [0.25, 0.3) is 0 Å². The number of hydrogen-bond donors (Lipinski definition) is 1. The maximum atomic E-state index is 11.9. The number of nitrogens with one attached hydrogen (secondary N) is 1. The first kappa shape index (κ1) is 13.9. The molecule has 3 rings (SSSR count). The average molecular weight is 287 g/mol. The fraction of sp³-hybridized carbons (Fsp3) is 0.500. The number of rotatable bonds is 3. The monoisotopic (exact) mass is 287 g/mol. The van der Waals surface area contributed by atoms with Gasteiger partial charge in [-0.05, 0) is 31.4 Å². The van der Waals surface area contributed by atoms with Crippen molar-refractivity contribution >= 4 is 17.1 Å². The topological polar surface area (TPSA) is 58.4 Å². The molecule has 0 atom stereocenters. The third kappa shape index (κ3) is 3.01. The molecule has 21 heavy (non-hydrogen) atoms. The lowest BCUT2D eigenvalue weighted by Crippen LogP contribution is -2.44. The largest absolute Gasteiger partial charge is 0.440 e. The van der Waals surface area contributed by atoms with Gasteiger partial charge in [-0.3, -0.25) is 0 Å². The van der Waals surface area contributed by atoms with Crippen LogP contribution in [0.1, 0.15) is 38.0 Å². The van der Waals surface area contributed by atoms with Gasteiger partial charge in [0, 0.05) is 25.6 Å². The van der Waals surface area contributed by atoms with E-state index in [-0.39, 0.29) is 6.03 Å². The molecule has 0 saturated carbocycles. The summed E-state index contributed by atoms with van der Waals surface area (Å²) < 4.78 is 5.84. The molecule has 1 N–H and O–H groups in total. The SMILES string of the molecule is CCCNC(=O)N1CCC(c2nc3ccccc3o2)CC1. The Morgan fingerprint density at radius 3 is 2.86 bits per heavy atom. The van der Waals surface area contributed by atoms with E-state index in [1.165, 1.54) is 0 Å². The maximum Gasteiger partial charge on any atom is 0.317 e. The highest BCUT2D eigenvalue weighted by atomic mass is 16.3. The van der Waals surface area contributed by atoms with Crippen LogP contribution in [0.5, 0.6) is 0 Å². The minimum atomic E-state index is 0.0489. The normalized spacial score (nSPS) is 16.3. The van der Waals surface area contributed by atoms with Gasteiger partial charge in [-0.2, -0.15) is 0 Å². The standard InChI is InChI=1S/C16H21N3O2/c1-2-9-17-16(20)19-10-7-12(8-11-19)15-18-13-5-3-4-6-14(13)21-15/h3-6,12H,2,7-11H2,1H3,(H,17,20). The predicted molar refractivity (Wildman–Crippen MR) is 81.2 cm³/mol. The number of benzene rings is 1. The van der Waals surface area contributed by atoms with Gasteiger partial charge in [-0.25, -0.2) is 9.78 Å². The molecule has 0 spiro atoms. The van der Waals surface area contributed by atoms with Gasteiger partial charge in [0.2, 0.25) is 0 Å². The second-order valence-corrected chi connectivity index (χ2v) is 5.51. The summed E-state index contributed by atoms with van der Waals surface area (Å²) in [5.74, 6) is 1.12. The zero-order valence-corrected chi connectivity index (χ0v) is 12.3. The van der Waals surface area contributed by atoms with Crippen LogP contribution in [0.15, 0.2) is 28.7 Å². The third-order valence-corrected chi connectivity index (χ3v) is 3.97. The summed E-state index contributed by atoms with van der Waals surface area (Å²) in [6.07, 6.45) is 2.78. The molecule has 0 radical (unpaired) electrons. The Hall–Kier alpha value is -2.04. The molecule has 5 nitrogen and oxygen atoms in total. The molecule has 0 bridgehead atoms. The maximum absolute atomic E-state index is 11.9. The van der Waals surface area contributed by atoms with E-state index in [0.29, 0.717) is 5.92 Å². The Kier molecular flexibility index (Phi) is 4.08. The summed E-state index contributed by atoms with van der Waals surface area (Å²) in [6.45, 7) is 4.32. The second-order valence-electron chi connectivity index (χ2n) is 5.51. The van der Waals surface area contributed by atoms with Crippen LogP contribution in [-0.4, -0.2) is 35.5 Å². The van der Waals surface area contributed by atoms with E-state index < -0.39 is 0 Å². The molecule has 2 amide bonds. The fourth-order valence-electron chi connectivity index (χ4n) is 2.74. The van der Waals surface area contributed by atoms with Crippen molar-refractivity contribution in [3.05, 3.63) is 30.2 Å². The highest BCUT2D eigenvalue weighted by Crippen LogP contribution is 2.29. The predicted octanol–water partition coefficient (Wildman–Crippen LogP) is 3.13. The van der Waals surface area contributed by atoms with Crippen molar-refractivity contribution in [1.82, 2.24) is 15.2 Å². The molecule has 1 aliphatic rings. The van der Waals surface area contributed by atoms with Crippen molar-refractivity contribution in [3.63, 3.8) is 0 Å². The zero-order chi connectivity index (χ0) is 14.7. The molecule has 1 aliphatic heterocycles. The van der Waals surface area contributed by atoms with Crippen molar-refractivity contribution in [2.45, 2.75) is 32.1 Å². The Morgan fingerprint density at radius 2 is 2.14 bits per heavy atom. The van der Waals surface area contributed by atoms with Gasteiger partial charge < -0.3 is 14.6 Å². The van der Waals surface area contributed by atoms with Gasteiger partial charge >= 0.3 is 6.03 Å². The van der Waals surface area contributed by atoms with E-state index in [2.05, 4.69) is 17.2 Å². The van der Waals surface area contributed by atoms with Crippen LogP contribution < -0.4 is 5.32 Å². The van der Waals surface area contributed by atoms with Crippen molar-refractivity contribution < 1.29 is 9.21 Å². The van der Waals surface area contributed by atoms with Gasteiger partial charge in [-0.1, -0.05) is 19.1 Å². The number of urea groups is 1. The summed E-state index contributed by atoms with van der Waals surface area (Å²) in [6, 6.07) is 7.88. The fourth-order valence-corrected chi connectivity index (χ4v) is 2.74. The van der Waals surface area contributed by atoms with E-state index >= 15 is 0 Å². The van der Waals surface area contributed by atoms with Crippen LogP contribution in [0.2, 0.25) is 0 Å². The summed E-state index contributed by atoms with van der Waals surface area (Å²) in [5.41, 5.74) is 1.76. The number of nitrogens with zero attached hydrogens (tertiary/aromatic N) is 2. The molecule has 5 heteroatoms. The summed E-state index contributed by atoms with van der Waals surface area (Å²) in [5, 5.41) is 2.93. The Labute approximate surface area is 124 Å². The lowest BCUT2D eigenvalue weighted by atomic mass is 9.97. The Morgan fingerprint density at radius 1 is 1.38 bits per heavy atom. The van der Waals surface area contributed by atoms with Gasteiger partial charge in [-0.15, -0.1) is 0 Å². The van der Waals surface area contributed by atoms with Crippen LogP contribution in [0.4, 0.5) is 4.79 Å². The molecule has 0 aliphatic carbocycles. The molecule has 1 aromatic carbocycles. The number of piperidine rings is 1. The van der Waals surface area contributed by atoms with Crippen molar-refractivity contribution in [2.75, 3.05) is 19.6 Å². The van der Waals surface area contributed by atoms with Crippen molar-refractivity contribution in [1.29, 1.82) is 0 Å². The summed E-state index contributed by atoms with van der Waals surface area (Å²) in [4.78, 5) is 18.4. The lowest BCUT2D eigenvalue weighted by Gasteiger charge is -2.30. The van der Waals surface area contributed by atoms with Crippen LogP contribution >= 0.6 is 0 Å². The lowest BCUT2D eigenvalue weighted by molar-refractivity contribution is 0.177. The molecule has 0 unspecified atom stereocenters. The highest BCUT2D eigenvalue weighted by Gasteiger charge is 2.26. The van der Waals surface area contributed by atoms with Gasteiger partial charge in [0.15, 0.2) is 11.5 Å².